The second kappa shape index (κ2) is 6.69. The van der Waals surface area contributed by atoms with Gasteiger partial charge in [-0.2, -0.15) is 0 Å². The molecule has 0 saturated carbocycles. The quantitative estimate of drug-likeness (QED) is 0.797. The molecule has 0 bridgehead atoms. The van der Waals surface area contributed by atoms with Crippen molar-refractivity contribution in [1.29, 1.82) is 0 Å². The highest BCUT2D eigenvalue weighted by Crippen LogP contribution is 2.37. The Morgan fingerprint density at radius 3 is 2.19 bits per heavy atom. The summed E-state index contributed by atoms with van der Waals surface area (Å²) in [5.41, 5.74) is 2.54. The van der Waals surface area contributed by atoms with Crippen LogP contribution in [0.3, 0.4) is 0 Å². The van der Waals surface area contributed by atoms with E-state index in [4.69, 9.17) is 14.0 Å². The van der Waals surface area contributed by atoms with Gasteiger partial charge in [-0.25, -0.2) is 0 Å². The first-order valence-electron chi connectivity index (χ1n) is 9.17. The summed E-state index contributed by atoms with van der Waals surface area (Å²) in [6, 6.07) is 9.66. The van der Waals surface area contributed by atoms with E-state index in [2.05, 4.69) is 4.98 Å². The summed E-state index contributed by atoms with van der Waals surface area (Å²) in [6.45, 7) is 8.12. The van der Waals surface area contributed by atoms with Gasteiger partial charge in [0.1, 0.15) is 21.4 Å². The van der Waals surface area contributed by atoms with E-state index in [1.807, 2.05) is 58.0 Å². The Labute approximate surface area is 163 Å². The third-order valence-electron chi connectivity index (χ3n) is 5.51. The van der Waals surface area contributed by atoms with Gasteiger partial charge >= 0.3 is 7.12 Å². The van der Waals surface area contributed by atoms with Crippen LogP contribution in [0.1, 0.15) is 33.3 Å². The number of rotatable bonds is 4. The summed E-state index contributed by atoms with van der Waals surface area (Å²) in [4.78, 5) is 4.49. The maximum absolute atomic E-state index is 10.1. The molecule has 1 N–H and O–H groups in total. The summed E-state index contributed by atoms with van der Waals surface area (Å²) < 4.78 is 17.9. The molecule has 1 aromatic carbocycles. The lowest BCUT2D eigenvalue weighted by molar-refractivity contribution is 0.00578. The zero-order valence-corrected chi connectivity index (χ0v) is 17.2. The number of pyridine rings is 1. The Balaban J connectivity index is 1.92. The van der Waals surface area contributed by atoms with Gasteiger partial charge < -0.3 is 19.2 Å². The van der Waals surface area contributed by atoms with Gasteiger partial charge in [0.25, 0.3) is 0 Å². The van der Waals surface area contributed by atoms with Crippen molar-refractivity contribution in [3.05, 3.63) is 42.1 Å². The van der Waals surface area contributed by atoms with Gasteiger partial charge in [-0.15, -0.1) is 0 Å². The lowest BCUT2D eigenvalue weighted by Crippen LogP contribution is -2.41. The fourth-order valence-corrected chi connectivity index (χ4v) is 2.96. The third kappa shape index (κ3) is 3.79. The minimum atomic E-state index is -0.913. The molecule has 0 atom stereocenters. The van der Waals surface area contributed by atoms with Gasteiger partial charge in [0.2, 0.25) is 0 Å². The summed E-state index contributed by atoms with van der Waals surface area (Å²) in [5.74, 6) is 0.694. The number of ether oxygens (including phenoxy) is 1. The maximum atomic E-state index is 10.1. The Kier molecular flexibility index (Phi) is 4.95. The fraction of sp³-hybridized carbons (Fsp3) is 0.421. The fourth-order valence-electron chi connectivity index (χ4n) is 2.96. The molecule has 1 fully saturated rings. The van der Waals surface area contributed by atoms with E-state index in [1.54, 1.807) is 29.0 Å². The summed E-state index contributed by atoms with van der Waals surface area (Å²) >= 11 is 0. The second-order valence-corrected chi connectivity index (χ2v) is 8.54. The smallest absolute Gasteiger partial charge is 0.497 e. The minimum absolute atomic E-state index is 0.407. The van der Waals surface area contributed by atoms with Gasteiger partial charge in [-0.1, -0.05) is 18.2 Å². The van der Waals surface area contributed by atoms with Crippen LogP contribution in [0.4, 0.5) is 0 Å². The van der Waals surface area contributed by atoms with E-state index in [1.165, 1.54) is 0 Å². The molecule has 2 aromatic rings. The summed E-state index contributed by atoms with van der Waals surface area (Å²) in [7, 11) is 4.64. The Hall–Kier alpha value is -1.76. The average molecular weight is 365 g/mol. The van der Waals surface area contributed by atoms with Crippen LogP contribution >= 0.6 is 0 Å². The van der Waals surface area contributed by atoms with E-state index in [0.717, 1.165) is 22.3 Å². The molecule has 0 unspecified atom stereocenters. The van der Waals surface area contributed by atoms with E-state index in [9.17, 15) is 5.11 Å². The highest BCUT2D eigenvalue weighted by atomic mass is 16.7. The van der Waals surface area contributed by atoms with Crippen LogP contribution < -0.4 is 10.2 Å². The SMILES string of the molecule is BC(B)(O)c1ccc(-c2ccc(B3OC(C)(C)C(C)(C)O3)c(OC)c2)nc1. The van der Waals surface area contributed by atoms with Crippen LogP contribution in [-0.2, 0) is 14.7 Å². The van der Waals surface area contributed by atoms with Crippen LogP contribution in [0, 0.1) is 0 Å². The standard InChI is InChI=1S/C19H26B3NO4/c1-17(2)18(3,4)27-22(26-17)14-8-6-12(10-16(14)25-5)15-9-7-13(11-23-15)19(20,21)24/h6-11,24H,20-21H2,1-5H3. The largest absolute Gasteiger partial charge is 0.498 e. The topological polar surface area (TPSA) is 60.8 Å². The molecular formula is C19H26B3NO4. The summed E-state index contributed by atoms with van der Waals surface area (Å²) in [5, 5.41) is 9.17. The van der Waals surface area contributed by atoms with E-state index in [-0.39, 0.29) is 0 Å². The van der Waals surface area contributed by atoms with Gasteiger partial charge in [-0.05, 0) is 45.4 Å². The third-order valence-corrected chi connectivity index (χ3v) is 5.51. The molecule has 5 nitrogen and oxygen atoms in total. The molecule has 1 aromatic heterocycles. The number of methoxy groups -OCH3 is 1. The highest BCUT2D eigenvalue weighted by molar-refractivity contribution is 6.63. The highest BCUT2D eigenvalue weighted by Gasteiger charge is 2.52. The number of nitrogens with zero attached hydrogens (tertiary/aromatic N) is 1. The molecule has 0 spiro atoms. The van der Waals surface area contributed by atoms with E-state index >= 15 is 0 Å². The van der Waals surface area contributed by atoms with E-state index in [0.29, 0.717) is 5.75 Å². The predicted molar refractivity (Wildman–Crippen MR) is 113 cm³/mol. The zero-order valence-electron chi connectivity index (χ0n) is 17.2. The van der Waals surface area contributed by atoms with Crippen molar-refractivity contribution in [1.82, 2.24) is 4.98 Å². The predicted octanol–water partition coefficient (Wildman–Crippen LogP) is 0.425. The number of hydrogen-bond donors (Lipinski definition) is 1. The van der Waals surface area contributed by atoms with Crippen molar-refractivity contribution in [2.45, 2.75) is 44.3 Å². The molecule has 1 saturated heterocycles. The first kappa shape index (κ1) is 20.0. The van der Waals surface area contributed by atoms with Gasteiger partial charge in [0.15, 0.2) is 0 Å². The first-order valence-corrected chi connectivity index (χ1v) is 9.17. The Morgan fingerprint density at radius 1 is 1.07 bits per heavy atom. The Bertz CT molecular complexity index is 816. The minimum Gasteiger partial charge on any atom is -0.497 e. The molecule has 140 valence electrons. The van der Waals surface area contributed by atoms with Crippen molar-refractivity contribution < 1.29 is 19.2 Å². The van der Waals surface area contributed by atoms with Crippen LogP contribution in [0.25, 0.3) is 11.3 Å². The molecule has 1 aliphatic rings. The first-order chi connectivity index (χ1) is 12.4. The van der Waals surface area contributed by atoms with Crippen LogP contribution in [0.15, 0.2) is 36.5 Å². The number of aliphatic hydroxyl groups is 1. The van der Waals surface area contributed by atoms with Crippen LogP contribution in [0.2, 0.25) is 0 Å². The van der Waals surface area contributed by atoms with Crippen molar-refractivity contribution >= 4 is 28.3 Å². The molecule has 0 aliphatic carbocycles. The van der Waals surface area contributed by atoms with Gasteiger partial charge in [-0.3, -0.25) is 4.98 Å². The Morgan fingerprint density at radius 2 is 1.70 bits per heavy atom. The maximum Gasteiger partial charge on any atom is 0.498 e. The monoisotopic (exact) mass is 365 g/mol. The molecule has 27 heavy (non-hydrogen) atoms. The van der Waals surface area contributed by atoms with Crippen LogP contribution in [0.5, 0.6) is 5.75 Å². The lowest BCUT2D eigenvalue weighted by atomic mass is 9.62. The number of hydrogen-bond acceptors (Lipinski definition) is 5. The molecule has 3 rings (SSSR count). The van der Waals surface area contributed by atoms with Crippen molar-refractivity contribution in [2.24, 2.45) is 0 Å². The van der Waals surface area contributed by atoms with Crippen molar-refractivity contribution in [2.75, 3.05) is 7.11 Å². The zero-order chi connectivity index (χ0) is 20.0. The lowest BCUT2D eigenvalue weighted by Gasteiger charge is -2.32. The van der Waals surface area contributed by atoms with Crippen molar-refractivity contribution in [3.8, 4) is 17.0 Å². The molecular weight excluding hydrogens is 339 g/mol. The molecule has 0 radical (unpaired) electrons. The molecule has 1 aliphatic heterocycles. The van der Waals surface area contributed by atoms with Crippen molar-refractivity contribution in [3.63, 3.8) is 0 Å². The summed E-state index contributed by atoms with van der Waals surface area (Å²) in [6.07, 6.45) is 1.70. The second-order valence-electron chi connectivity index (χ2n) is 8.54. The normalized spacial score (nSPS) is 18.5. The van der Waals surface area contributed by atoms with Gasteiger partial charge in [0, 0.05) is 22.6 Å². The number of benzene rings is 1. The van der Waals surface area contributed by atoms with E-state index < -0.39 is 23.7 Å². The van der Waals surface area contributed by atoms with Gasteiger partial charge in [0.05, 0.1) is 24.0 Å². The molecule has 2 heterocycles. The molecule has 8 heteroatoms. The molecule has 0 amide bonds. The number of aromatic nitrogens is 1. The average Bonchev–Trinajstić information content (AvgIpc) is 2.81. The van der Waals surface area contributed by atoms with Crippen LogP contribution in [-0.4, -0.2) is 51.2 Å².